The van der Waals surface area contributed by atoms with Gasteiger partial charge in [0.25, 0.3) is 0 Å². The molecule has 1 aromatic carbocycles. The van der Waals surface area contributed by atoms with E-state index < -0.39 is 17.8 Å². The summed E-state index contributed by atoms with van der Waals surface area (Å²) in [6.45, 7) is 5.74. The van der Waals surface area contributed by atoms with Crippen molar-refractivity contribution in [2.45, 2.75) is 38.5 Å². The number of hydrogen-bond donors (Lipinski definition) is 1. The van der Waals surface area contributed by atoms with Crippen LogP contribution >= 0.6 is 0 Å². The van der Waals surface area contributed by atoms with Gasteiger partial charge in [0.05, 0.1) is 11.7 Å². The average molecular weight is 258 g/mol. The van der Waals surface area contributed by atoms with Crippen LogP contribution in [-0.2, 0) is 12.6 Å². The lowest BCUT2D eigenvalue weighted by molar-refractivity contribution is -0.137. The summed E-state index contributed by atoms with van der Waals surface area (Å²) in [6, 6.07) is 4.88. The third-order valence-corrected chi connectivity index (χ3v) is 2.78. The number of rotatable bonds is 5. The first-order chi connectivity index (χ1) is 8.32. The Bertz CT molecular complexity index is 392. The molecule has 0 spiro atoms. The Hall–Kier alpha value is -1.29. The van der Waals surface area contributed by atoms with Crippen molar-refractivity contribution in [3.05, 3.63) is 47.5 Å². The fraction of sp³-hybridized carbons (Fsp3) is 0.429. The SMILES string of the molecule is C=C(CC)CC(O)Cc1ccc(C(F)(F)F)cc1. The Morgan fingerprint density at radius 1 is 1.28 bits per heavy atom. The summed E-state index contributed by atoms with van der Waals surface area (Å²) >= 11 is 0. The van der Waals surface area contributed by atoms with Gasteiger partial charge in [-0.1, -0.05) is 31.2 Å². The van der Waals surface area contributed by atoms with E-state index in [0.29, 0.717) is 18.4 Å². The van der Waals surface area contributed by atoms with Crippen molar-refractivity contribution >= 4 is 0 Å². The average Bonchev–Trinajstić information content (AvgIpc) is 2.28. The van der Waals surface area contributed by atoms with Gasteiger partial charge in [0, 0.05) is 0 Å². The smallest absolute Gasteiger partial charge is 0.392 e. The molecule has 0 aromatic heterocycles. The minimum atomic E-state index is -4.31. The van der Waals surface area contributed by atoms with Crippen molar-refractivity contribution in [2.75, 3.05) is 0 Å². The second kappa shape index (κ2) is 6.05. The molecule has 0 heterocycles. The van der Waals surface area contributed by atoms with Gasteiger partial charge >= 0.3 is 6.18 Å². The van der Waals surface area contributed by atoms with Crippen molar-refractivity contribution in [2.24, 2.45) is 0 Å². The number of halogens is 3. The van der Waals surface area contributed by atoms with E-state index in [1.807, 2.05) is 6.92 Å². The highest BCUT2D eigenvalue weighted by atomic mass is 19.4. The molecule has 0 aliphatic rings. The quantitative estimate of drug-likeness (QED) is 0.792. The molecule has 0 fully saturated rings. The van der Waals surface area contributed by atoms with E-state index >= 15 is 0 Å². The maximum atomic E-state index is 12.3. The molecule has 0 saturated carbocycles. The van der Waals surface area contributed by atoms with Gasteiger partial charge in [-0.15, -0.1) is 0 Å². The third-order valence-electron chi connectivity index (χ3n) is 2.78. The molecule has 1 unspecified atom stereocenters. The van der Waals surface area contributed by atoms with Crippen molar-refractivity contribution in [3.8, 4) is 0 Å². The number of hydrogen-bond acceptors (Lipinski definition) is 1. The Labute approximate surface area is 105 Å². The van der Waals surface area contributed by atoms with Gasteiger partial charge in [0.15, 0.2) is 0 Å². The van der Waals surface area contributed by atoms with Gasteiger partial charge < -0.3 is 5.11 Å². The molecule has 100 valence electrons. The van der Waals surface area contributed by atoms with E-state index in [0.717, 1.165) is 24.1 Å². The van der Waals surface area contributed by atoms with E-state index in [2.05, 4.69) is 6.58 Å². The maximum Gasteiger partial charge on any atom is 0.416 e. The molecule has 1 rings (SSSR count). The van der Waals surface area contributed by atoms with Crippen LogP contribution in [0.3, 0.4) is 0 Å². The summed E-state index contributed by atoms with van der Waals surface area (Å²) < 4.78 is 37.0. The Balaban J connectivity index is 2.61. The molecule has 1 nitrogen and oxygen atoms in total. The molecule has 0 radical (unpaired) electrons. The molecule has 1 aromatic rings. The molecule has 0 amide bonds. The fourth-order valence-electron chi connectivity index (χ4n) is 1.65. The van der Waals surface area contributed by atoms with Crippen molar-refractivity contribution < 1.29 is 18.3 Å². The maximum absolute atomic E-state index is 12.3. The van der Waals surface area contributed by atoms with Crippen LogP contribution in [0.25, 0.3) is 0 Å². The molecule has 1 atom stereocenters. The molecule has 4 heteroatoms. The lowest BCUT2D eigenvalue weighted by Gasteiger charge is -2.12. The van der Waals surface area contributed by atoms with Gasteiger partial charge in [-0.2, -0.15) is 13.2 Å². The minimum absolute atomic E-state index is 0.344. The Kier molecular flexibility index (Phi) is 4.96. The molecule has 18 heavy (non-hydrogen) atoms. The summed E-state index contributed by atoms with van der Waals surface area (Å²) in [6.07, 6.45) is -3.28. The zero-order chi connectivity index (χ0) is 13.8. The van der Waals surface area contributed by atoms with Crippen molar-refractivity contribution in [3.63, 3.8) is 0 Å². The normalized spacial score (nSPS) is 13.4. The highest BCUT2D eigenvalue weighted by Gasteiger charge is 2.29. The zero-order valence-corrected chi connectivity index (χ0v) is 10.3. The van der Waals surface area contributed by atoms with Crippen LogP contribution in [0.1, 0.15) is 30.9 Å². The second-order valence-electron chi connectivity index (χ2n) is 4.36. The fourth-order valence-corrected chi connectivity index (χ4v) is 1.65. The van der Waals surface area contributed by atoms with E-state index in [4.69, 9.17) is 0 Å². The minimum Gasteiger partial charge on any atom is -0.392 e. The summed E-state index contributed by atoms with van der Waals surface area (Å²) in [7, 11) is 0. The second-order valence-corrected chi connectivity index (χ2v) is 4.36. The Morgan fingerprint density at radius 2 is 1.83 bits per heavy atom. The molecule has 0 bridgehead atoms. The summed E-state index contributed by atoms with van der Waals surface area (Å²) in [5.74, 6) is 0. The van der Waals surface area contributed by atoms with Crippen LogP contribution in [-0.4, -0.2) is 11.2 Å². The number of benzene rings is 1. The van der Waals surface area contributed by atoms with E-state index in [1.165, 1.54) is 12.1 Å². The predicted octanol–water partition coefficient (Wildman–Crippen LogP) is 3.97. The largest absolute Gasteiger partial charge is 0.416 e. The topological polar surface area (TPSA) is 20.2 Å². The number of alkyl halides is 3. The van der Waals surface area contributed by atoms with E-state index in [-0.39, 0.29) is 0 Å². The highest BCUT2D eigenvalue weighted by Crippen LogP contribution is 2.29. The highest BCUT2D eigenvalue weighted by molar-refractivity contribution is 5.25. The van der Waals surface area contributed by atoms with Crippen LogP contribution in [0.2, 0.25) is 0 Å². The monoisotopic (exact) mass is 258 g/mol. The van der Waals surface area contributed by atoms with Crippen LogP contribution in [0.5, 0.6) is 0 Å². The summed E-state index contributed by atoms with van der Waals surface area (Å²) in [5.41, 5.74) is 0.965. The summed E-state index contributed by atoms with van der Waals surface area (Å²) in [4.78, 5) is 0. The van der Waals surface area contributed by atoms with Gasteiger partial charge in [-0.25, -0.2) is 0 Å². The number of aliphatic hydroxyl groups excluding tert-OH is 1. The first-order valence-electron chi connectivity index (χ1n) is 5.83. The van der Waals surface area contributed by atoms with Crippen LogP contribution in [0, 0.1) is 0 Å². The first kappa shape index (κ1) is 14.8. The van der Waals surface area contributed by atoms with E-state index in [1.54, 1.807) is 0 Å². The molecular formula is C14H17F3O. The molecule has 0 aliphatic carbocycles. The predicted molar refractivity (Wildman–Crippen MR) is 65.2 cm³/mol. The molecule has 0 saturated heterocycles. The zero-order valence-electron chi connectivity index (χ0n) is 10.3. The van der Waals surface area contributed by atoms with Crippen molar-refractivity contribution in [1.82, 2.24) is 0 Å². The van der Waals surface area contributed by atoms with Crippen LogP contribution in [0.4, 0.5) is 13.2 Å². The van der Waals surface area contributed by atoms with Gasteiger partial charge in [-0.3, -0.25) is 0 Å². The third kappa shape index (κ3) is 4.53. The summed E-state index contributed by atoms with van der Waals surface area (Å²) in [5, 5.41) is 9.75. The molecular weight excluding hydrogens is 241 g/mol. The van der Waals surface area contributed by atoms with E-state index in [9.17, 15) is 18.3 Å². The lowest BCUT2D eigenvalue weighted by atomic mass is 10.0. The number of aliphatic hydroxyl groups is 1. The van der Waals surface area contributed by atoms with Crippen LogP contribution in [0.15, 0.2) is 36.4 Å². The van der Waals surface area contributed by atoms with Gasteiger partial charge in [0.1, 0.15) is 0 Å². The first-order valence-corrected chi connectivity index (χ1v) is 5.83. The molecule has 0 aliphatic heterocycles. The van der Waals surface area contributed by atoms with Gasteiger partial charge in [0.2, 0.25) is 0 Å². The van der Waals surface area contributed by atoms with Crippen molar-refractivity contribution in [1.29, 1.82) is 0 Å². The molecule has 1 N–H and O–H groups in total. The van der Waals surface area contributed by atoms with Gasteiger partial charge in [-0.05, 0) is 37.0 Å². The lowest BCUT2D eigenvalue weighted by Crippen LogP contribution is -2.11. The van der Waals surface area contributed by atoms with Crippen LogP contribution < -0.4 is 0 Å². The standard InChI is InChI=1S/C14H17F3O/c1-3-10(2)8-13(18)9-11-4-6-12(7-5-11)14(15,16)17/h4-7,13,18H,2-3,8-9H2,1H3. The Morgan fingerprint density at radius 3 is 2.28 bits per heavy atom.